The molecule has 2 aromatic heterocycles. The lowest BCUT2D eigenvalue weighted by Crippen LogP contribution is -2.01. The van der Waals surface area contributed by atoms with Crippen molar-refractivity contribution < 1.29 is 9.47 Å². The summed E-state index contributed by atoms with van der Waals surface area (Å²) in [6.45, 7) is 4.56. The lowest BCUT2D eigenvalue weighted by molar-refractivity contribution is 0.288. The maximum atomic E-state index is 5.55. The monoisotopic (exact) mass is 259 g/mol. The maximum absolute atomic E-state index is 5.55. The van der Waals surface area contributed by atoms with Crippen molar-refractivity contribution in [1.82, 2.24) is 15.2 Å². The van der Waals surface area contributed by atoms with Gasteiger partial charge < -0.3 is 9.47 Å². The Balaban J connectivity index is 1.94. The average molecular weight is 259 g/mol. The second-order valence-corrected chi connectivity index (χ2v) is 4.45. The molecule has 0 bridgehead atoms. The summed E-state index contributed by atoms with van der Waals surface area (Å²) >= 11 is 0. The lowest BCUT2D eigenvalue weighted by atomic mass is 10.1. The molecule has 0 aliphatic carbocycles. The van der Waals surface area contributed by atoms with Crippen molar-refractivity contribution in [2.45, 2.75) is 26.4 Å². The van der Waals surface area contributed by atoms with Crippen molar-refractivity contribution in [1.29, 1.82) is 0 Å². The fourth-order valence-corrected chi connectivity index (χ4v) is 1.49. The van der Waals surface area contributed by atoms with Crippen LogP contribution in [0.2, 0.25) is 0 Å². The van der Waals surface area contributed by atoms with Gasteiger partial charge in [-0.25, -0.2) is 4.98 Å². The second kappa shape index (κ2) is 6.13. The third-order valence-electron chi connectivity index (χ3n) is 2.65. The zero-order valence-electron chi connectivity index (χ0n) is 11.3. The lowest BCUT2D eigenvalue weighted by Gasteiger charge is -2.07. The first-order valence-electron chi connectivity index (χ1n) is 6.14. The van der Waals surface area contributed by atoms with E-state index in [4.69, 9.17) is 9.47 Å². The number of nitrogens with zero attached hydrogens (tertiary/aromatic N) is 3. The molecule has 0 aromatic carbocycles. The Bertz CT molecular complexity index is 509. The van der Waals surface area contributed by atoms with Crippen molar-refractivity contribution >= 4 is 0 Å². The number of hydrogen-bond acceptors (Lipinski definition) is 5. The van der Waals surface area contributed by atoms with Crippen LogP contribution in [0.3, 0.4) is 0 Å². The van der Waals surface area contributed by atoms with Gasteiger partial charge in [-0.05, 0) is 18.1 Å². The van der Waals surface area contributed by atoms with Gasteiger partial charge >= 0.3 is 0 Å². The molecule has 100 valence electrons. The van der Waals surface area contributed by atoms with Crippen LogP contribution in [0.15, 0.2) is 30.5 Å². The van der Waals surface area contributed by atoms with E-state index in [1.54, 1.807) is 19.4 Å². The number of pyridine rings is 1. The minimum atomic E-state index is 0.368. The fourth-order valence-electron chi connectivity index (χ4n) is 1.49. The van der Waals surface area contributed by atoms with Crippen LogP contribution in [0.4, 0.5) is 0 Å². The van der Waals surface area contributed by atoms with E-state index < -0.39 is 0 Å². The Morgan fingerprint density at radius 1 is 1.05 bits per heavy atom. The Kier molecular flexibility index (Phi) is 4.28. The topological polar surface area (TPSA) is 57.1 Å². The van der Waals surface area contributed by atoms with Crippen molar-refractivity contribution in [2.75, 3.05) is 7.11 Å². The van der Waals surface area contributed by atoms with Gasteiger partial charge in [0.05, 0.1) is 12.8 Å². The molecule has 0 spiro atoms. The SMILES string of the molecule is COc1ccc(COc2ccc(C(C)C)nn2)cn1. The van der Waals surface area contributed by atoms with Gasteiger partial charge in [0.1, 0.15) is 6.61 Å². The van der Waals surface area contributed by atoms with Gasteiger partial charge in [-0.2, -0.15) is 5.10 Å². The first-order valence-corrected chi connectivity index (χ1v) is 6.14. The third kappa shape index (κ3) is 3.64. The van der Waals surface area contributed by atoms with Gasteiger partial charge in [0, 0.05) is 23.9 Å². The normalized spacial score (nSPS) is 10.5. The van der Waals surface area contributed by atoms with Crippen LogP contribution in [0.1, 0.15) is 31.0 Å². The molecule has 5 nitrogen and oxygen atoms in total. The van der Waals surface area contributed by atoms with Crippen LogP contribution < -0.4 is 9.47 Å². The minimum Gasteiger partial charge on any atom is -0.481 e. The van der Waals surface area contributed by atoms with Crippen LogP contribution in [0, 0.1) is 0 Å². The quantitative estimate of drug-likeness (QED) is 0.826. The summed E-state index contributed by atoms with van der Waals surface area (Å²) in [5.41, 5.74) is 1.91. The van der Waals surface area contributed by atoms with Crippen molar-refractivity contribution in [3.8, 4) is 11.8 Å². The molecule has 0 atom stereocenters. The van der Waals surface area contributed by atoms with Gasteiger partial charge in [-0.3, -0.25) is 0 Å². The molecule has 2 heterocycles. The Hall–Kier alpha value is -2.17. The van der Waals surface area contributed by atoms with Crippen molar-refractivity contribution in [3.05, 3.63) is 41.7 Å². The Morgan fingerprint density at radius 2 is 1.84 bits per heavy atom. The molecule has 0 radical (unpaired) electrons. The van der Waals surface area contributed by atoms with Crippen LogP contribution in [0.5, 0.6) is 11.8 Å². The van der Waals surface area contributed by atoms with Crippen molar-refractivity contribution in [3.63, 3.8) is 0 Å². The Labute approximate surface area is 112 Å². The number of ether oxygens (including phenoxy) is 2. The standard InChI is InChI=1S/C14H17N3O2/c1-10(2)12-5-7-14(17-16-12)19-9-11-4-6-13(18-3)15-8-11/h4-8,10H,9H2,1-3H3. The summed E-state index contributed by atoms with van der Waals surface area (Å²) in [4.78, 5) is 4.11. The van der Waals surface area contributed by atoms with Gasteiger partial charge in [0.25, 0.3) is 0 Å². The van der Waals surface area contributed by atoms with E-state index in [1.807, 2.05) is 18.2 Å². The molecule has 0 aliphatic heterocycles. The summed E-state index contributed by atoms with van der Waals surface area (Å²) in [7, 11) is 1.59. The fraction of sp³-hybridized carbons (Fsp3) is 0.357. The van der Waals surface area contributed by atoms with Crippen LogP contribution in [-0.4, -0.2) is 22.3 Å². The van der Waals surface area contributed by atoms with E-state index in [1.165, 1.54) is 0 Å². The molecule has 0 amide bonds. The van der Waals surface area contributed by atoms with E-state index in [-0.39, 0.29) is 0 Å². The predicted molar refractivity (Wildman–Crippen MR) is 71.2 cm³/mol. The third-order valence-corrected chi connectivity index (χ3v) is 2.65. The van der Waals surface area contributed by atoms with Gasteiger partial charge in [-0.1, -0.05) is 13.8 Å². The highest BCUT2D eigenvalue weighted by atomic mass is 16.5. The summed E-state index contributed by atoms with van der Waals surface area (Å²) in [5.74, 6) is 1.47. The zero-order chi connectivity index (χ0) is 13.7. The molecule has 0 fully saturated rings. The maximum Gasteiger partial charge on any atom is 0.233 e. The molecule has 0 aliphatic rings. The first-order chi connectivity index (χ1) is 9.19. The van der Waals surface area contributed by atoms with Crippen LogP contribution >= 0.6 is 0 Å². The van der Waals surface area contributed by atoms with E-state index in [0.29, 0.717) is 24.3 Å². The molecule has 19 heavy (non-hydrogen) atoms. The molecule has 0 saturated carbocycles. The van der Waals surface area contributed by atoms with Gasteiger partial charge in [-0.15, -0.1) is 5.10 Å². The molecule has 2 rings (SSSR count). The van der Waals surface area contributed by atoms with Crippen LogP contribution in [-0.2, 0) is 6.61 Å². The number of rotatable bonds is 5. The average Bonchev–Trinajstić information content (AvgIpc) is 2.46. The predicted octanol–water partition coefficient (Wildman–Crippen LogP) is 2.58. The van der Waals surface area contributed by atoms with Gasteiger partial charge in [0.2, 0.25) is 11.8 Å². The summed E-state index contributed by atoms with van der Waals surface area (Å²) in [6.07, 6.45) is 1.72. The van der Waals surface area contributed by atoms with E-state index in [9.17, 15) is 0 Å². The number of methoxy groups -OCH3 is 1. The minimum absolute atomic E-state index is 0.368. The summed E-state index contributed by atoms with van der Waals surface area (Å²) in [6, 6.07) is 7.46. The Morgan fingerprint density at radius 3 is 2.37 bits per heavy atom. The molecular weight excluding hydrogens is 242 g/mol. The summed E-state index contributed by atoms with van der Waals surface area (Å²) in [5, 5.41) is 8.14. The highest BCUT2D eigenvalue weighted by Crippen LogP contribution is 2.14. The molecular formula is C14H17N3O2. The van der Waals surface area contributed by atoms with Crippen LogP contribution in [0.25, 0.3) is 0 Å². The molecule has 5 heteroatoms. The second-order valence-electron chi connectivity index (χ2n) is 4.45. The molecule has 0 N–H and O–H groups in total. The van der Waals surface area contributed by atoms with E-state index in [0.717, 1.165) is 11.3 Å². The highest BCUT2D eigenvalue weighted by Gasteiger charge is 2.03. The smallest absolute Gasteiger partial charge is 0.233 e. The van der Waals surface area contributed by atoms with E-state index >= 15 is 0 Å². The van der Waals surface area contributed by atoms with Crippen molar-refractivity contribution in [2.24, 2.45) is 0 Å². The molecule has 2 aromatic rings. The van der Waals surface area contributed by atoms with E-state index in [2.05, 4.69) is 29.0 Å². The first kappa shape index (κ1) is 13.3. The largest absolute Gasteiger partial charge is 0.481 e. The van der Waals surface area contributed by atoms with Gasteiger partial charge in [0.15, 0.2) is 0 Å². The molecule has 0 saturated heterocycles. The molecule has 0 unspecified atom stereocenters. The number of aromatic nitrogens is 3. The summed E-state index contributed by atoms with van der Waals surface area (Å²) < 4.78 is 10.5. The zero-order valence-corrected chi connectivity index (χ0v) is 11.3. The number of hydrogen-bond donors (Lipinski definition) is 0. The highest BCUT2D eigenvalue weighted by molar-refractivity contribution is 5.18.